The van der Waals surface area contributed by atoms with E-state index in [0.29, 0.717) is 5.92 Å². The number of hydrogen-bond donors (Lipinski definition) is 2. The third kappa shape index (κ3) is 6.58. The lowest BCUT2D eigenvalue weighted by Crippen LogP contribution is -2.38. The first-order valence-corrected chi connectivity index (χ1v) is 14.6. The van der Waals surface area contributed by atoms with Crippen LogP contribution >= 0.6 is 0 Å². The molecule has 1 saturated heterocycles. The maximum atomic E-state index is 8.19. The summed E-state index contributed by atoms with van der Waals surface area (Å²) in [6.45, 7) is 14.0. The molecular weight excluding hydrogens is 502 g/mol. The standard InChI is InChI=1S/C36H41N5/c1-26-11-9-14-32(23-26)39-35-16-10-13-31(33(35)24-37)25-40-21-18-30(19-22-40)28(3)41(36-17-6-5-12-27(36)2)29(4)34-15-7-8-20-38-34/h5-17,20,23-24,29-30,37,39H,3,18-19,21-22,25H2,1-2,4H3. The summed E-state index contributed by atoms with van der Waals surface area (Å²) in [5.74, 6) is 0.397. The summed E-state index contributed by atoms with van der Waals surface area (Å²) in [6.07, 6.45) is 5.47. The van der Waals surface area contributed by atoms with Gasteiger partial charge in [-0.1, -0.05) is 55.1 Å². The van der Waals surface area contributed by atoms with Gasteiger partial charge in [0.05, 0.1) is 11.7 Å². The number of aryl methyl sites for hydroxylation is 2. The second-order valence-corrected chi connectivity index (χ2v) is 11.1. The Kier molecular flexibility index (Phi) is 8.95. The highest BCUT2D eigenvalue weighted by Crippen LogP contribution is 2.37. The Hall–Kier alpha value is -4.22. The van der Waals surface area contributed by atoms with E-state index in [2.05, 4.69) is 126 Å². The van der Waals surface area contributed by atoms with Gasteiger partial charge in [0, 0.05) is 53.2 Å². The van der Waals surface area contributed by atoms with Crippen LogP contribution in [-0.2, 0) is 6.54 Å². The number of aromatic nitrogens is 1. The lowest BCUT2D eigenvalue weighted by atomic mass is 9.91. The van der Waals surface area contributed by atoms with Gasteiger partial charge in [0.25, 0.3) is 0 Å². The van der Waals surface area contributed by atoms with Gasteiger partial charge < -0.3 is 15.6 Å². The minimum atomic E-state index is 0.0848. The number of rotatable bonds is 10. The monoisotopic (exact) mass is 543 g/mol. The van der Waals surface area contributed by atoms with Gasteiger partial charge in [-0.05, 0) is 99.8 Å². The highest BCUT2D eigenvalue weighted by atomic mass is 15.2. The summed E-state index contributed by atoms with van der Waals surface area (Å²) in [4.78, 5) is 9.61. The fourth-order valence-electron chi connectivity index (χ4n) is 5.97. The fourth-order valence-corrected chi connectivity index (χ4v) is 5.97. The minimum Gasteiger partial charge on any atom is -0.355 e. The van der Waals surface area contributed by atoms with Gasteiger partial charge in [-0.15, -0.1) is 0 Å². The van der Waals surface area contributed by atoms with Gasteiger partial charge in [0.1, 0.15) is 0 Å². The van der Waals surface area contributed by atoms with E-state index in [1.807, 2.05) is 12.3 Å². The molecule has 0 saturated carbocycles. The zero-order chi connectivity index (χ0) is 28.8. The van der Waals surface area contributed by atoms with Crippen molar-refractivity contribution in [3.05, 3.63) is 131 Å². The minimum absolute atomic E-state index is 0.0848. The van der Waals surface area contributed by atoms with Gasteiger partial charge in [-0.25, -0.2) is 0 Å². The molecule has 1 fully saturated rings. The third-order valence-corrected chi connectivity index (χ3v) is 8.28. The quantitative estimate of drug-likeness (QED) is 0.197. The van der Waals surface area contributed by atoms with Crippen LogP contribution in [0.25, 0.3) is 0 Å². The number of anilines is 3. The number of pyridine rings is 1. The molecule has 2 N–H and O–H groups in total. The van der Waals surface area contributed by atoms with E-state index in [1.165, 1.54) is 34.3 Å². The topological polar surface area (TPSA) is 55.3 Å². The Bertz CT molecular complexity index is 1490. The molecule has 1 aromatic heterocycles. The average Bonchev–Trinajstić information content (AvgIpc) is 2.99. The third-order valence-electron chi connectivity index (χ3n) is 8.28. The van der Waals surface area contributed by atoms with E-state index in [1.54, 1.807) is 0 Å². The summed E-state index contributed by atoms with van der Waals surface area (Å²) in [5, 5.41) is 11.7. The van der Waals surface area contributed by atoms with Crippen LogP contribution in [0, 0.1) is 25.2 Å². The molecule has 1 aliphatic rings. The van der Waals surface area contributed by atoms with Gasteiger partial charge in [-0.3, -0.25) is 9.88 Å². The first kappa shape index (κ1) is 28.3. The van der Waals surface area contributed by atoms with Crippen LogP contribution in [-0.4, -0.2) is 29.2 Å². The first-order valence-electron chi connectivity index (χ1n) is 14.6. The molecule has 0 spiro atoms. The number of benzene rings is 3. The Balaban J connectivity index is 1.29. The summed E-state index contributed by atoms with van der Waals surface area (Å²) in [6, 6.07) is 29.5. The predicted octanol–water partition coefficient (Wildman–Crippen LogP) is 8.43. The zero-order valence-corrected chi connectivity index (χ0v) is 24.5. The molecule has 0 bridgehead atoms. The second-order valence-electron chi connectivity index (χ2n) is 11.1. The molecule has 5 nitrogen and oxygen atoms in total. The van der Waals surface area contributed by atoms with Crippen LogP contribution < -0.4 is 10.2 Å². The summed E-state index contributed by atoms with van der Waals surface area (Å²) in [5.41, 5.74) is 10.0. The Labute approximate surface area is 245 Å². The van der Waals surface area contributed by atoms with Crippen molar-refractivity contribution in [3.8, 4) is 0 Å². The molecule has 3 aromatic carbocycles. The van der Waals surface area contributed by atoms with E-state index in [-0.39, 0.29) is 6.04 Å². The van der Waals surface area contributed by atoms with Crippen molar-refractivity contribution < 1.29 is 0 Å². The van der Waals surface area contributed by atoms with Crippen LogP contribution in [0.5, 0.6) is 0 Å². The van der Waals surface area contributed by atoms with Crippen molar-refractivity contribution in [1.82, 2.24) is 9.88 Å². The largest absolute Gasteiger partial charge is 0.355 e. The summed E-state index contributed by atoms with van der Waals surface area (Å²) >= 11 is 0. The smallest absolute Gasteiger partial charge is 0.0731 e. The highest BCUT2D eigenvalue weighted by molar-refractivity contribution is 5.89. The SMILES string of the molecule is C=C(C1CCN(Cc2cccc(Nc3cccc(C)c3)c2C=N)CC1)N(c1ccccc1C)C(C)c1ccccn1. The number of hydrogen-bond acceptors (Lipinski definition) is 5. The van der Waals surface area contributed by atoms with E-state index < -0.39 is 0 Å². The normalized spacial score (nSPS) is 14.8. The van der Waals surface area contributed by atoms with Crippen LogP contribution in [0.3, 0.4) is 0 Å². The van der Waals surface area contributed by atoms with Crippen molar-refractivity contribution >= 4 is 23.3 Å². The average molecular weight is 544 g/mol. The predicted molar refractivity (Wildman–Crippen MR) is 172 cm³/mol. The summed E-state index contributed by atoms with van der Waals surface area (Å²) < 4.78 is 0. The highest BCUT2D eigenvalue weighted by Gasteiger charge is 2.29. The summed E-state index contributed by atoms with van der Waals surface area (Å²) in [7, 11) is 0. The van der Waals surface area contributed by atoms with Crippen LogP contribution in [0.4, 0.5) is 17.1 Å². The Morgan fingerprint density at radius 3 is 2.49 bits per heavy atom. The lowest BCUT2D eigenvalue weighted by molar-refractivity contribution is 0.189. The van der Waals surface area contributed by atoms with Crippen LogP contribution in [0.2, 0.25) is 0 Å². The molecule has 0 amide bonds. The van der Waals surface area contributed by atoms with Crippen LogP contribution in [0.1, 0.15) is 53.8 Å². The maximum Gasteiger partial charge on any atom is 0.0731 e. The number of para-hydroxylation sites is 1. The molecule has 2 heterocycles. The molecule has 0 aliphatic carbocycles. The van der Waals surface area contributed by atoms with Gasteiger partial charge >= 0.3 is 0 Å². The lowest BCUT2D eigenvalue weighted by Gasteiger charge is -2.40. The van der Waals surface area contributed by atoms with E-state index in [4.69, 9.17) is 5.41 Å². The molecule has 41 heavy (non-hydrogen) atoms. The number of nitrogens with zero attached hydrogens (tertiary/aromatic N) is 3. The van der Waals surface area contributed by atoms with Crippen molar-refractivity contribution in [1.29, 1.82) is 5.41 Å². The van der Waals surface area contributed by atoms with E-state index in [0.717, 1.165) is 55.1 Å². The van der Waals surface area contributed by atoms with Crippen molar-refractivity contribution in [2.24, 2.45) is 5.92 Å². The van der Waals surface area contributed by atoms with Crippen molar-refractivity contribution in [2.75, 3.05) is 23.3 Å². The number of piperidine rings is 1. The van der Waals surface area contributed by atoms with Gasteiger partial charge in [0.15, 0.2) is 0 Å². The maximum absolute atomic E-state index is 8.19. The number of likely N-dealkylation sites (tertiary alicyclic amines) is 1. The first-order chi connectivity index (χ1) is 19.9. The molecule has 1 unspecified atom stereocenters. The second kappa shape index (κ2) is 13.0. The molecule has 4 aromatic rings. The van der Waals surface area contributed by atoms with E-state index >= 15 is 0 Å². The molecule has 210 valence electrons. The molecule has 1 atom stereocenters. The number of allylic oxidation sites excluding steroid dienone is 1. The molecule has 5 heteroatoms. The van der Waals surface area contributed by atoms with Crippen molar-refractivity contribution in [3.63, 3.8) is 0 Å². The zero-order valence-electron chi connectivity index (χ0n) is 24.5. The molecule has 0 radical (unpaired) electrons. The molecule has 1 aliphatic heterocycles. The van der Waals surface area contributed by atoms with Gasteiger partial charge in [-0.2, -0.15) is 0 Å². The fraction of sp³-hybridized carbons (Fsp3) is 0.278. The Morgan fingerprint density at radius 2 is 1.78 bits per heavy atom. The molecular formula is C36H41N5. The van der Waals surface area contributed by atoms with E-state index in [9.17, 15) is 0 Å². The van der Waals surface area contributed by atoms with Gasteiger partial charge in [0.2, 0.25) is 0 Å². The van der Waals surface area contributed by atoms with Crippen molar-refractivity contribution in [2.45, 2.75) is 46.2 Å². The Morgan fingerprint density at radius 1 is 1.02 bits per heavy atom. The molecule has 5 rings (SSSR count). The van der Waals surface area contributed by atoms with Crippen LogP contribution in [0.15, 0.2) is 103 Å². The number of nitrogens with one attached hydrogen (secondary N) is 2.